The zero-order valence-electron chi connectivity index (χ0n) is 6.80. The molecule has 0 saturated carbocycles. The average molecular weight is 190 g/mol. The minimum Gasteiger partial charge on any atom is -0.490 e. The van der Waals surface area contributed by atoms with E-state index in [1.54, 1.807) is 0 Å². The molecule has 0 bridgehead atoms. The minimum absolute atomic E-state index is 0.0958. The number of aromatic nitrogens is 1. The smallest absolute Gasteiger partial charge is 0.292 e. The lowest BCUT2D eigenvalue weighted by molar-refractivity contribution is 0.145. The Morgan fingerprint density at radius 2 is 2.23 bits per heavy atom. The molecule has 0 amide bonds. The summed E-state index contributed by atoms with van der Waals surface area (Å²) in [6.07, 6.45) is -2.75. The number of H-pyrrole nitrogens is 1. The lowest BCUT2D eigenvalue weighted by Crippen LogP contribution is -2.14. The summed E-state index contributed by atoms with van der Waals surface area (Å²) in [6.45, 7) is 0. The number of aromatic amines is 1. The maximum absolute atomic E-state index is 12.1. The van der Waals surface area contributed by atoms with Gasteiger partial charge in [-0.05, 0) is 6.07 Å². The Bertz CT molecular complexity index is 362. The van der Waals surface area contributed by atoms with E-state index in [-0.39, 0.29) is 11.4 Å². The SMILES string of the molecule is COc1c(N)cc(C(F)F)[nH]c1=O. The Hall–Kier alpha value is -1.59. The molecule has 0 aromatic carbocycles. The van der Waals surface area contributed by atoms with Crippen molar-refractivity contribution in [3.8, 4) is 5.75 Å². The molecule has 1 rings (SSSR count). The molecule has 0 saturated heterocycles. The van der Waals surface area contributed by atoms with Crippen molar-refractivity contribution in [3.63, 3.8) is 0 Å². The van der Waals surface area contributed by atoms with Crippen LogP contribution in [0.5, 0.6) is 5.75 Å². The third-order valence-corrected chi connectivity index (χ3v) is 1.48. The van der Waals surface area contributed by atoms with E-state index in [1.807, 2.05) is 4.98 Å². The molecule has 0 fully saturated rings. The number of nitrogens with one attached hydrogen (secondary N) is 1. The van der Waals surface area contributed by atoms with Gasteiger partial charge in [-0.2, -0.15) is 0 Å². The summed E-state index contributed by atoms with van der Waals surface area (Å²) in [4.78, 5) is 13.0. The highest BCUT2D eigenvalue weighted by atomic mass is 19.3. The van der Waals surface area contributed by atoms with Gasteiger partial charge in [0.25, 0.3) is 12.0 Å². The minimum atomic E-state index is -2.75. The normalized spacial score (nSPS) is 10.5. The van der Waals surface area contributed by atoms with E-state index in [0.29, 0.717) is 0 Å². The van der Waals surface area contributed by atoms with Gasteiger partial charge in [-0.3, -0.25) is 4.79 Å². The van der Waals surface area contributed by atoms with Crippen molar-refractivity contribution in [1.82, 2.24) is 4.98 Å². The monoisotopic (exact) mass is 190 g/mol. The predicted octanol–water partition coefficient (Wildman–Crippen LogP) is 0.903. The summed E-state index contributed by atoms with van der Waals surface area (Å²) in [5.41, 5.74) is 3.93. The van der Waals surface area contributed by atoms with E-state index in [0.717, 1.165) is 6.07 Å². The standard InChI is InChI=1S/C7H8F2N2O2/c1-13-5-3(10)2-4(6(8)9)11-7(5)12/h2,6H,1H3,(H3,10,11,12). The summed E-state index contributed by atoms with van der Waals surface area (Å²) in [5, 5.41) is 0. The van der Waals surface area contributed by atoms with Gasteiger partial charge >= 0.3 is 0 Å². The van der Waals surface area contributed by atoms with Crippen molar-refractivity contribution >= 4 is 5.69 Å². The fraction of sp³-hybridized carbons (Fsp3) is 0.286. The molecule has 0 radical (unpaired) electrons. The number of hydrogen-bond donors (Lipinski definition) is 2. The fourth-order valence-electron chi connectivity index (χ4n) is 0.916. The number of nitrogens with two attached hydrogens (primary N) is 1. The second kappa shape index (κ2) is 3.42. The molecule has 0 spiro atoms. The molecular weight excluding hydrogens is 182 g/mol. The van der Waals surface area contributed by atoms with Gasteiger partial charge in [0.2, 0.25) is 5.75 Å². The zero-order valence-corrected chi connectivity index (χ0v) is 6.80. The third-order valence-electron chi connectivity index (χ3n) is 1.48. The fourth-order valence-corrected chi connectivity index (χ4v) is 0.916. The Labute approximate surface area is 72.3 Å². The number of halogens is 2. The van der Waals surface area contributed by atoms with Crippen molar-refractivity contribution in [2.24, 2.45) is 0 Å². The molecule has 1 heterocycles. The molecule has 1 aromatic heterocycles. The highest BCUT2D eigenvalue weighted by Crippen LogP contribution is 2.21. The van der Waals surface area contributed by atoms with Gasteiger partial charge in [0, 0.05) is 0 Å². The molecule has 4 nitrogen and oxygen atoms in total. The summed E-state index contributed by atoms with van der Waals surface area (Å²) >= 11 is 0. The number of pyridine rings is 1. The van der Waals surface area contributed by atoms with Crippen molar-refractivity contribution in [1.29, 1.82) is 0 Å². The molecule has 0 atom stereocenters. The first kappa shape index (κ1) is 9.50. The summed E-state index contributed by atoms with van der Waals surface area (Å²) in [6, 6.07) is 0.977. The van der Waals surface area contributed by atoms with Crippen molar-refractivity contribution < 1.29 is 13.5 Å². The third kappa shape index (κ3) is 1.77. The molecule has 0 aliphatic rings. The Morgan fingerprint density at radius 1 is 1.62 bits per heavy atom. The first-order valence-electron chi connectivity index (χ1n) is 3.41. The molecule has 3 N–H and O–H groups in total. The van der Waals surface area contributed by atoms with E-state index in [9.17, 15) is 13.6 Å². The molecular formula is C7H8F2N2O2. The number of nitrogen functional groups attached to an aromatic ring is 1. The van der Waals surface area contributed by atoms with Crippen LogP contribution in [-0.4, -0.2) is 12.1 Å². The van der Waals surface area contributed by atoms with Crippen LogP contribution in [0.1, 0.15) is 12.1 Å². The highest BCUT2D eigenvalue weighted by Gasteiger charge is 2.13. The number of alkyl halides is 2. The summed E-state index contributed by atoms with van der Waals surface area (Å²) < 4.78 is 28.8. The largest absolute Gasteiger partial charge is 0.490 e. The van der Waals surface area contributed by atoms with E-state index < -0.39 is 17.7 Å². The Morgan fingerprint density at radius 3 is 2.62 bits per heavy atom. The van der Waals surface area contributed by atoms with Gasteiger partial charge in [0.1, 0.15) is 0 Å². The van der Waals surface area contributed by atoms with Crippen LogP contribution >= 0.6 is 0 Å². The maximum Gasteiger partial charge on any atom is 0.292 e. The second-order valence-electron chi connectivity index (χ2n) is 2.34. The van der Waals surface area contributed by atoms with Crippen LogP contribution in [0.3, 0.4) is 0 Å². The van der Waals surface area contributed by atoms with Crippen molar-refractivity contribution in [2.45, 2.75) is 6.43 Å². The van der Waals surface area contributed by atoms with Gasteiger partial charge in [-0.1, -0.05) is 0 Å². The molecule has 0 aliphatic heterocycles. The molecule has 13 heavy (non-hydrogen) atoms. The average Bonchev–Trinajstić information content (AvgIpc) is 2.03. The van der Waals surface area contributed by atoms with Crippen molar-refractivity contribution in [2.75, 3.05) is 12.8 Å². The van der Waals surface area contributed by atoms with Gasteiger partial charge in [0.05, 0.1) is 18.5 Å². The Balaban J connectivity index is 3.29. The van der Waals surface area contributed by atoms with Crippen LogP contribution in [0.15, 0.2) is 10.9 Å². The maximum atomic E-state index is 12.1. The van der Waals surface area contributed by atoms with Crippen LogP contribution in [0, 0.1) is 0 Å². The predicted molar refractivity (Wildman–Crippen MR) is 43.0 cm³/mol. The quantitative estimate of drug-likeness (QED) is 0.728. The van der Waals surface area contributed by atoms with Crippen LogP contribution in [-0.2, 0) is 0 Å². The van der Waals surface area contributed by atoms with E-state index in [4.69, 9.17) is 5.73 Å². The zero-order chi connectivity index (χ0) is 10.0. The number of methoxy groups -OCH3 is 1. The van der Waals surface area contributed by atoms with Crippen LogP contribution in [0.25, 0.3) is 0 Å². The first-order chi connectivity index (χ1) is 6.06. The van der Waals surface area contributed by atoms with Gasteiger partial charge < -0.3 is 15.5 Å². The van der Waals surface area contributed by atoms with Crippen LogP contribution in [0.4, 0.5) is 14.5 Å². The number of anilines is 1. The molecule has 72 valence electrons. The summed E-state index contributed by atoms with van der Waals surface area (Å²) in [5.74, 6) is -0.149. The Kier molecular flexibility index (Phi) is 2.50. The lowest BCUT2D eigenvalue weighted by atomic mass is 10.3. The van der Waals surface area contributed by atoms with Crippen LogP contribution in [0.2, 0.25) is 0 Å². The second-order valence-corrected chi connectivity index (χ2v) is 2.34. The first-order valence-corrected chi connectivity index (χ1v) is 3.41. The van der Waals surface area contributed by atoms with E-state index in [1.165, 1.54) is 7.11 Å². The van der Waals surface area contributed by atoms with Gasteiger partial charge in [0.15, 0.2) is 0 Å². The number of hydrogen-bond acceptors (Lipinski definition) is 3. The molecule has 0 aliphatic carbocycles. The molecule has 6 heteroatoms. The molecule has 1 aromatic rings. The van der Waals surface area contributed by atoms with E-state index in [2.05, 4.69) is 4.74 Å². The summed E-state index contributed by atoms with van der Waals surface area (Å²) in [7, 11) is 1.24. The van der Waals surface area contributed by atoms with Gasteiger partial charge in [-0.15, -0.1) is 0 Å². The molecule has 0 unspecified atom stereocenters. The lowest BCUT2D eigenvalue weighted by Gasteiger charge is -2.05. The number of rotatable bonds is 2. The number of ether oxygens (including phenoxy) is 1. The van der Waals surface area contributed by atoms with Gasteiger partial charge in [-0.25, -0.2) is 8.78 Å². The highest BCUT2D eigenvalue weighted by molar-refractivity contribution is 5.51. The topological polar surface area (TPSA) is 68.1 Å². The van der Waals surface area contributed by atoms with E-state index >= 15 is 0 Å². The van der Waals surface area contributed by atoms with Crippen LogP contribution < -0.4 is 16.0 Å². The van der Waals surface area contributed by atoms with Crippen molar-refractivity contribution in [3.05, 3.63) is 22.1 Å².